The van der Waals surface area contributed by atoms with E-state index in [0.29, 0.717) is 33.8 Å². The van der Waals surface area contributed by atoms with Gasteiger partial charge in [-0.15, -0.1) is 0 Å². The molecule has 0 fully saturated rings. The third-order valence-corrected chi connectivity index (χ3v) is 5.09. The molecule has 0 aliphatic heterocycles. The molecule has 7 heteroatoms. The number of thiocarbonyl (C=S) groups is 1. The number of hydrogen-bond acceptors (Lipinski definition) is 5. The number of fused-ring (bicyclic) bond motifs is 1. The van der Waals surface area contributed by atoms with Crippen LogP contribution in [0.1, 0.15) is 27.0 Å². The van der Waals surface area contributed by atoms with Gasteiger partial charge in [0.05, 0.1) is 5.56 Å². The summed E-state index contributed by atoms with van der Waals surface area (Å²) in [5, 5.41) is 16.1. The van der Waals surface area contributed by atoms with Crippen LogP contribution in [0.5, 0.6) is 5.75 Å². The fraction of sp³-hybridized carbons (Fsp3) is 0.125. The number of amides is 1. The zero-order valence-corrected chi connectivity index (χ0v) is 18.1. The number of nitrogens with zero attached hydrogens (tertiary/aromatic N) is 1. The normalized spacial score (nSPS) is 10.8. The predicted octanol–water partition coefficient (Wildman–Crippen LogP) is 5.25. The number of anilines is 1. The van der Waals surface area contributed by atoms with Gasteiger partial charge in [-0.05, 0) is 80.5 Å². The summed E-state index contributed by atoms with van der Waals surface area (Å²) in [6.45, 7) is 5.83. The number of carbonyl (C=O) groups is 1. The molecule has 0 unspecified atom stereocenters. The van der Waals surface area contributed by atoms with Crippen molar-refractivity contribution < 1.29 is 14.3 Å². The standard InChI is InChI=1S/C24H21N3O3S/c1-13-4-7-17(15(3)10-13)22(29)27-24(31)25-16-6-8-20(28)18(12-16)23-26-19-11-14(2)5-9-21(19)30-23/h4-12,28H,1-3H3,(H2,25,27,29,31). The SMILES string of the molecule is Cc1ccc(C(=O)NC(=S)Nc2ccc(O)c(-c3nc4cc(C)ccc4o3)c2)c(C)c1. The van der Waals surface area contributed by atoms with E-state index < -0.39 is 0 Å². The van der Waals surface area contributed by atoms with Crippen molar-refractivity contribution in [2.24, 2.45) is 0 Å². The number of carbonyl (C=O) groups excluding carboxylic acids is 1. The summed E-state index contributed by atoms with van der Waals surface area (Å²) in [5.74, 6) is 0.0365. The monoisotopic (exact) mass is 431 g/mol. The minimum Gasteiger partial charge on any atom is -0.507 e. The van der Waals surface area contributed by atoms with Crippen molar-refractivity contribution in [2.45, 2.75) is 20.8 Å². The van der Waals surface area contributed by atoms with Crippen molar-refractivity contribution in [1.29, 1.82) is 0 Å². The van der Waals surface area contributed by atoms with Crippen LogP contribution in [0.3, 0.4) is 0 Å². The highest BCUT2D eigenvalue weighted by molar-refractivity contribution is 7.80. The Hall–Kier alpha value is -3.71. The predicted molar refractivity (Wildman–Crippen MR) is 125 cm³/mol. The van der Waals surface area contributed by atoms with Crippen LogP contribution in [0.2, 0.25) is 0 Å². The Kier molecular flexibility index (Phi) is 5.44. The number of aromatic nitrogens is 1. The maximum atomic E-state index is 12.5. The number of phenols is 1. The third kappa shape index (κ3) is 4.41. The first-order chi connectivity index (χ1) is 14.8. The number of phenolic OH excluding ortho intramolecular Hbond substituents is 1. The summed E-state index contributed by atoms with van der Waals surface area (Å²) in [5.41, 5.74) is 5.93. The van der Waals surface area contributed by atoms with Crippen molar-refractivity contribution in [1.82, 2.24) is 10.3 Å². The average Bonchev–Trinajstić information content (AvgIpc) is 3.12. The molecule has 0 bridgehead atoms. The molecule has 3 N–H and O–H groups in total. The van der Waals surface area contributed by atoms with E-state index in [2.05, 4.69) is 15.6 Å². The molecule has 0 aliphatic carbocycles. The van der Waals surface area contributed by atoms with Crippen LogP contribution in [0.4, 0.5) is 5.69 Å². The van der Waals surface area contributed by atoms with E-state index >= 15 is 0 Å². The van der Waals surface area contributed by atoms with E-state index in [1.807, 2.05) is 51.1 Å². The topological polar surface area (TPSA) is 87.4 Å². The number of nitrogens with one attached hydrogen (secondary N) is 2. The van der Waals surface area contributed by atoms with Crippen LogP contribution in [-0.4, -0.2) is 21.1 Å². The quantitative estimate of drug-likeness (QED) is 0.303. The number of hydrogen-bond donors (Lipinski definition) is 3. The van der Waals surface area contributed by atoms with Crippen LogP contribution in [0.25, 0.3) is 22.6 Å². The van der Waals surface area contributed by atoms with Gasteiger partial charge in [0.2, 0.25) is 5.89 Å². The Morgan fingerprint density at radius 2 is 1.74 bits per heavy atom. The molecule has 4 aromatic rings. The highest BCUT2D eigenvalue weighted by Gasteiger charge is 2.15. The van der Waals surface area contributed by atoms with Gasteiger partial charge in [-0.25, -0.2) is 4.98 Å². The van der Waals surface area contributed by atoms with Crippen LogP contribution >= 0.6 is 12.2 Å². The molecule has 3 aromatic carbocycles. The Bertz CT molecular complexity index is 1330. The molecular weight excluding hydrogens is 410 g/mol. The van der Waals surface area contributed by atoms with E-state index in [-0.39, 0.29) is 16.8 Å². The molecule has 6 nitrogen and oxygen atoms in total. The van der Waals surface area contributed by atoms with E-state index in [1.165, 1.54) is 6.07 Å². The Balaban J connectivity index is 1.53. The maximum Gasteiger partial charge on any atom is 0.257 e. The molecule has 0 saturated carbocycles. The van der Waals surface area contributed by atoms with Gasteiger partial charge in [-0.3, -0.25) is 10.1 Å². The van der Waals surface area contributed by atoms with Crippen molar-refractivity contribution in [2.75, 3.05) is 5.32 Å². The summed E-state index contributed by atoms with van der Waals surface area (Å²) < 4.78 is 5.79. The lowest BCUT2D eigenvalue weighted by Gasteiger charge is -2.12. The van der Waals surface area contributed by atoms with E-state index in [9.17, 15) is 9.90 Å². The van der Waals surface area contributed by atoms with Crippen molar-refractivity contribution in [3.8, 4) is 17.2 Å². The van der Waals surface area contributed by atoms with Crippen molar-refractivity contribution in [3.63, 3.8) is 0 Å². The zero-order chi connectivity index (χ0) is 22.1. The minimum atomic E-state index is -0.289. The van der Waals surface area contributed by atoms with Crippen molar-refractivity contribution in [3.05, 3.63) is 76.9 Å². The fourth-order valence-corrected chi connectivity index (χ4v) is 3.55. The number of benzene rings is 3. The van der Waals surface area contributed by atoms with Crippen LogP contribution in [-0.2, 0) is 0 Å². The van der Waals surface area contributed by atoms with Gasteiger partial charge in [-0.1, -0.05) is 23.8 Å². The number of aryl methyl sites for hydroxylation is 3. The highest BCUT2D eigenvalue weighted by atomic mass is 32.1. The first-order valence-electron chi connectivity index (χ1n) is 9.70. The first-order valence-corrected chi connectivity index (χ1v) is 10.1. The molecule has 0 spiro atoms. The largest absolute Gasteiger partial charge is 0.507 e. The maximum absolute atomic E-state index is 12.5. The molecular formula is C24H21N3O3S. The number of aromatic hydroxyl groups is 1. The van der Waals surface area contributed by atoms with E-state index in [1.54, 1.807) is 18.2 Å². The van der Waals surface area contributed by atoms with Gasteiger partial charge in [0, 0.05) is 11.3 Å². The summed E-state index contributed by atoms with van der Waals surface area (Å²) in [7, 11) is 0. The summed E-state index contributed by atoms with van der Waals surface area (Å²) in [6.07, 6.45) is 0. The first kappa shape index (κ1) is 20.6. The summed E-state index contributed by atoms with van der Waals surface area (Å²) in [6, 6.07) is 16.1. The van der Waals surface area contributed by atoms with Crippen LogP contribution in [0, 0.1) is 20.8 Å². The van der Waals surface area contributed by atoms with Gasteiger partial charge < -0.3 is 14.8 Å². The van der Waals surface area contributed by atoms with Crippen LogP contribution in [0.15, 0.2) is 59.0 Å². The Labute approximate surface area is 184 Å². The smallest absolute Gasteiger partial charge is 0.257 e. The van der Waals surface area contributed by atoms with E-state index in [4.69, 9.17) is 16.6 Å². The average molecular weight is 432 g/mol. The van der Waals surface area contributed by atoms with Gasteiger partial charge in [0.1, 0.15) is 11.3 Å². The lowest BCUT2D eigenvalue weighted by atomic mass is 10.1. The Morgan fingerprint density at radius 1 is 1.00 bits per heavy atom. The third-order valence-electron chi connectivity index (χ3n) is 4.88. The molecule has 0 radical (unpaired) electrons. The van der Waals surface area contributed by atoms with Gasteiger partial charge in [0.15, 0.2) is 10.7 Å². The molecule has 1 heterocycles. The van der Waals surface area contributed by atoms with Crippen molar-refractivity contribution >= 4 is 40.0 Å². The van der Waals surface area contributed by atoms with Crippen LogP contribution < -0.4 is 10.6 Å². The number of rotatable bonds is 3. The van der Waals surface area contributed by atoms with Gasteiger partial charge >= 0.3 is 0 Å². The Morgan fingerprint density at radius 3 is 2.52 bits per heavy atom. The molecule has 31 heavy (non-hydrogen) atoms. The highest BCUT2D eigenvalue weighted by Crippen LogP contribution is 2.33. The zero-order valence-electron chi connectivity index (χ0n) is 17.3. The minimum absolute atomic E-state index is 0.0269. The summed E-state index contributed by atoms with van der Waals surface area (Å²) >= 11 is 5.30. The number of oxazole rings is 1. The summed E-state index contributed by atoms with van der Waals surface area (Å²) in [4.78, 5) is 17.0. The fourth-order valence-electron chi connectivity index (χ4n) is 3.34. The molecule has 0 saturated heterocycles. The van der Waals surface area contributed by atoms with Gasteiger partial charge in [0.25, 0.3) is 5.91 Å². The lowest BCUT2D eigenvalue weighted by Crippen LogP contribution is -2.34. The van der Waals surface area contributed by atoms with E-state index in [0.717, 1.165) is 16.7 Å². The molecule has 1 aromatic heterocycles. The molecule has 156 valence electrons. The molecule has 0 aliphatic rings. The second-order valence-corrected chi connectivity index (χ2v) is 7.86. The molecule has 4 rings (SSSR count). The second kappa shape index (κ2) is 8.20. The molecule has 0 atom stereocenters. The lowest BCUT2D eigenvalue weighted by molar-refractivity contribution is 0.0977. The molecule has 1 amide bonds. The van der Waals surface area contributed by atoms with Gasteiger partial charge in [-0.2, -0.15) is 0 Å². The second-order valence-electron chi connectivity index (χ2n) is 7.45.